The molecule has 0 saturated heterocycles. The highest BCUT2D eigenvalue weighted by atomic mass is 16.2. The molecule has 0 spiro atoms. The maximum absolute atomic E-state index is 11.8. The number of unbranched alkanes of at least 4 members (excludes halogenated alkanes) is 1. The quantitative estimate of drug-likeness (QED) is 0.491. The predicted octanol–water partition coefficient (Wildman–Crippen LogP) is 2.18. The number of nitrogens with zero attached hydrogens (tertiary/aromatic N) is 1. The molecule has 0 radical (unpaired) electrons. The maximum atomic E-state index is 11.8. The highest BCUT2D eigenvalue weighted by Gasteiger charge is 2.11. The van der Waals surface area contributed by atoms with Gasteiger partial charge in [-0.15, -0.1) is 0 Å². The summed E-state index contributed by atoms with van der Waals surface area (Å²) in [6.45, 7) is 2.13. The summed E-state index contributed by atoms with van der Waals surface area (Å²) in [7, 11) is 0. The van der Waals surface area contributed by atoms with Crippen LogP contribution in [-0.4, -0.2) is 10.9 Å². The van der Waals surface area contributed by atoms with Crippen molar-refractivity contribution in [3.8, 4) is 0 Å². The first-order chi connectivity index (χ1) is 8.76. The summed E-state index contributed by atoms with van der Waals surface area (Å²) >= 11 is 0. The summed E-state index contributed by atoms with van der Waals surface area (Å²) in [4.78, 5) is 16.4. The van der Waals surface area contributed by atoms with Crippen molar-refractivity contribution in [1.82, 2.24) is 10.4 Å². The van der Waals surface area contributed by atoms with Crippen LogP contribution in [-0.2, 0) is 6.42 Å². The van der Waals surface area contributed by atoms with Gasteiger partial charge in [0.05, 0.1) is 11.1 Å². The van der Waals surface area contributed by atoms with E-state index in [1.165, 1.54) is 0 Å². The van der Waals surface area contributed by atoms with Crippen molar-refractivity contribution in [2.75, 3.05) is 0 Å². The molecule has 4 heteroatoms. The van der Waals surface area contributed by atoms with Crippen LogP contribution in [0.15, 0.2) is 30.3 Å². The Kier molecular flexibility index (Phi) is 3.89. The third-order valence-electron chi connectivity index (χ3n) is 2.93. The minimum atomic E-state index is -0.272. The number of carbonyl (C=O) groups is 1. The van der Waals surface area contributed by atoms with Crippen LogP contribution in [0.3, 0.4) is 0 Å². The first-order valence-electron chi connectivity index (χ1n) is 6.16. The number of amides is 1. The normalized spacial score (nSPS) is 10.6. The molecule has 1 aromatic heterocycles. The number of hydrogen-bond acceptors (Lipinski definition) is 3. The minimum Gasteiger partial charge on any atom is -0.290 e. The Labute approximate surface area is 106 Å². The van der Waals surface area contributed by atoms with Gasteiger partial charge < -0.3 is 0 Å². The van der Waals surface area contributed by atoms with Crippen LogP contribution in [0.5, 0.6) is 0 Å². The zero-order valence-corrected chi connectivity index (χ0v) is 10.4. The molecule has 0 aliphatic heterocycles. The number of hydrazine groups is 1. The zero-order valence-electron chi connectivity index (χ0n) is 10.4. The number of hydrogen-bond donors (Lipinski definition) is 2. The molecule has 2 aromatic rings. The van der Waals surface area contributed by atoms with E-state index < -0.39 is 0 Å². The fourth-order valence-corrected chi connectivity index (χ4v) is 1.98. The summed E-state index contributed by atoms with van der Waals surface area (Å²) in [5.74, 6) is 4.95. The summed E-state index contributed by atoms with van der Waals surface area (Å²) in [5, 5.41) is 0.834. The standard InChI is InChI=1S/C14H17N3O/c1-2-3-6-10-9-12(14(18)17-15)11-7-4-5-8-13(11)16-10/h4-5,7-9H,2-3,6,15H2,1H3,(H,17,18). The maximum Gasteiger partial charge on any atom is 0.265 e. The van der Waals surface area contributed by atoms with Crippen LogP contribution in [0.2, 0.25) is 0 Å². The molecular weight excluding hydrogens is 226 g/mol. The van der Waals surface area contributed by atoms with Crippen molar-refractivity contribution in [3.05, 3.63) is 41.6 Å². The lowest BCUT2D eigenvalue weighted by Gasteiger charge is -2.08. The van der Waals surface area contributed by atoms with Crippen LogP contribution in [0.1, 0.15) is 35.8 Å². The van der Waals surface area contributed by atoms with Gasteiger partial charge in [0.1, 0.15) is 0 Å². The average molecular weight is 243 g/mol. The number of para-hydroxylation sites is 1. The van der Waals surface area contributed by atoms with Gasteiger partial charge in [0.2, 0.25) is 0 Å². The van der Waals surface area contributed by atoms with Crippen molar-refractivity contribution in [2.45, 2.75) is 26.2 Å². The van der Waals surface area contributed by atoms with Crippen molar-refractivity contribution < 1.29 is 4.79 Å². The molecule has 0 saturated carbocycles. The lowest BCUT2D eigenvalue weighted by atomic mass is 10.0. The van der Waals surface area contributed by atoms with E-state index in [0.717, 1.165) is 35.9 Å². The van der Waals surface area contributed by atoms with Gasteiger partial charge in [0, 0.05) is 11.1 Å². The van der Waals surface area contributed by atoms with E-state index in [2.05, 4.69) is 17.3 Å². The molecule has 0 aliphatic rings. The lowest BCUT2D eigenvalue weighted by molar-refractivity contribution is 0.0955. The molecule has 2 rings (SSSR count). The molecule has 3 N–H and O–H groups in total. The van der Waals surface area contributed by atoms with Crippen LogP contribution in [0.25, 0.3) is 10.9 Å². The van der Waals surface area contributed by atoms with Crippen LogP contribution >= 0.6 is 0 Å². The van der Waals surface area contributed by atoms with Crippen molar-refractivity contribution >= 4 is 16.8 Å². The largest absolute Gasteiger partial charge is 0.290 e. The van der Waals surface area contributed by atoms with E-state index in [0.29, 0.717) is 5.56 Å². The van der Waals surface area contributed by atoms with Gasteiger partial charge >= 0.3 is 0 Å². The molecule has 18 heavy (non-hydrogen) atoms. The summed E-state index contributed by atoms with van der Waals surface area (Å²) in [6.07, 6.45) is 3.05. The fraction of sp³-hybridized carbons (Fsp3) is 0.286. The molecule has 0 atom stereocenters. The summed E-state index contributed by atoms with van der Waals surface area (Å²) in [5.41, 5.74) is 4.56. The van der Waals surface area contributed by atoms with Crippen LogP contribution < -0.4 is 11.3 Å². The Balaban J connectivity index is 2.53. The molecule has 0 aliphatic carbocycles. The zero-order chi connectivity index (χ0) is 13.0. The van der Waals surface area contributed by atoms with E-state index in [4.69, 9.17) is 5.84 Å². The van der Waals surface area contributed by atoms with E-state index in [-0.39, 0.29) is 5.91 Å². The predicted molar refractivity (Wildman–Crippen MR) is 72.0 cm³/mol. The molecule has 1 amide bonds. The minimum absolute atomic E-state index is 0.272. The van der Waals surface area contributed by atoms with Crippen LogP contribution in [0.4, 0.5) is 0 Å². The number of fused-ring (bicyclic) bond motifs is 1. The second kappa shape index (κ2) is 5.60. The van der Waals surface area contributed by atoms with E-state index in [9.17, 15) is 4.79 Å². The first-order valence-corrected chi connectivity index (χ1v) is 6.16. The number of nitrogens with one attached hydrogen (secondary N) is 1. The molecule has 0 bridgehead atoms. The Morgan fingerprint density at radius 1 is 1.39 bits per heavy atom. The molecule has 1 aromatic carbocycles. The summed E-state index contributed by atoms with van der Waals surface area (Å²) < 4.78 is 0. The average Bonchev–Trinajstić information content (AvgIpc) is 2.43. The number of benzene rings is 1. The van der Waals surface area contributed by atoms with Crippen molar-refractivity contribution in [3.63, 3.8) is 0 Å². The number of rotatable bonds is 4. The number of pyridine rings is 1. The number of carbonyl (C=O) groups excluding carboxylic acids is 1. The third kappa shape index (κ3) is 2.49. The number of nitrogens with two attached hydrogens (primary N) is 1. The highest BCUT2D eigenvalue weighted by molar-refractivity contribution is 6.05. The number of aryl methyl sites for hydroxylation is 1. The highest BCUT2D eigenvalue weighted by Crippen LogP contribution is 2.19. The monoisotopic (exact) mass is 243 g/mol. The number of nitrogen functional groups attached to an aromatic ring is 1. The Hall–Kier alpha value is -1.94. The topological polar surface area (TPSA) is 68.0 Å². The molecular formula is C14H17N3O. The SMILES string of the molecule is CCCCc1cc(C(=O)NN)c2ccccc2n1. The van der Waals surface area contributed by atoms with Crippen molar-refractivity contribution in [1.29, 1.82) is 0 Å². The van der Waals surface area contributed by atoms with E-state index in [1.54, 1.807) is 0 Å². The van der Waals surface area contributed by atoms with E-state index in [1.807, 2.05) is 30.3 Å². The molecule has 0 fully saturated rings. The van der Waals surface area contributed by atoms with Crippen molar-refractivity contribution in [2.24, 2.45) is 5.84 Å². The Bertz CT molecular complexity index is 566. The molecule has 1 heterocycles. The van der Waals surface area contributed by atoms with E-state index >= 15 is 0 Å². The van der Waals surface area contributed by atoms with Gasteiger partial charge in [-0.3, -0.25) is 15.2 Å². The van der Waals surface area contributed by atoms with Gasteiger partial charge in [-0.25, -0.2) is 5.84 Å². The summed E-state index contributed by atoms with van der Waals surface area (Å²) in [6, 6.07) is 9.45. The van der Waals surface area contributed by atoms with Gasteiger partial charge in [-0.05, 0) is 25.0 Å². The number of aromatic nitrogens is 1. The third-order valence-corrected chi connectivity index (χ3v) is 2.93. The Morgan fingerprint density at radius 3 is 2.89 bits per heavy atom. The van der Waals surface area contributed by atoms with Crippen LogP contribution in [0, 0.1) is 0 Å². The molecule has 4 nitrogen and oxygen atoms in total. The first kappa shape index (κ1) is 12.5. The second-order valence-corrected chi connectivity index (χ2v) is 4.26. The Morgan fingerprint density at radius 2 is 2.17 bits per heavy atom. The molecule has 94 valence electrons. The second-order valence-electron chi connectivity index (χ2n) is 4.26. The fourth-order valence-electron chi connectivity index (χ4n) is 1.98. The van der Waals surface area contributed by atoms with Gasteiger partial charge in [0.25, 0.3) is 5.91 Å². The van der Waals surface area contributed by atoms with Gasteiger partial charge in [-0.2, -0.15) is 0 Å². The lowest BCUT2D eigenvalue weighted by Crippen LogP contribution is -2.30. The van der Waals surface area contributed by atoms with Gasteiger partial charge in [-0.1, -0.05) is 31.5 Å². The molecule has 0 unspecified atom stereocenters. The smallest absolute Gasteiger partial charge is 0.265 e. The van der Waals surface area contributed by atoms with Gasteiger partial charge in [0.15, 0.2) is 0 Å².